The van der Waals surface area contributed by atoms with Gasteiger partial charge < -0.3 is 0 Å². The summed E-state index contributed by atoms with van der Waals surface area (Å²) in [6.45, 7) is 0. The highest BCUT2D eigenvalue weighted by molar-refractivity contribution is 7.93. The summed E-state index contributed by atoms with van der Waals surface area (Å²) < 4.78 is 36.8. The summed E-state index contributed by atoms with van der Waals surface area (Å²) in [5.41, 5.74) is 0.0515. The molecule has 0 heterocycles. The lowest BCUT2D eigenvalue weighted by Crippen LogP contribution is -2.13. The number of benzene rings is 1. The van der Waals surface area contributed by atoms with Gasteiger partial charge in [0.15, 0.2) is 0 Å². The maximum absolute atomic E-state index is 12.8. The molecule has 0 unspecified atom stereocenters. The average Bonchev–Trinajstić information content (AvgIpc) is 2.01. The second-order valence-electron chi connectivity index (χ2n) is 2.48. The summed E-state index contributed by atoms with van der Waals surface area (Å²) in [7, 11) is -3.62. The van der Waals surface area contributed by atoms with Gasteiger partial charge in [-0.25, -0.2) is 12.8 Å². The molecular weight excluding hydrogens is 252 g/mol. The van der Waals surface area contributed by atoms with Crippen LogP contribution in [0.3, 0.4) is 0 Å². The first-order chi connectivity index (χ1) is 6.43. The lowest BCUT2D eigenvalue weighted by molar-refractivity contribution is 0.605. The fourth-order valence-electron chi connectivity index (χ4n) is 0.820. The largest absolute Gasteiger partial charge is 0.282 e. The molecule has 0 saturated heterocycles. The number of sulfonamides is 1. The highest BCUT2D eigenvalue weighted by Crippen LogP contribution is 2.19. The highest BCUT2D eigenvalue weighted by atomic mass is 35.5. The van der Waals surface area contributed by atoms with E-state index in [9.17, 15) is 12.8 Å². The molecule has 1 aromatic rings. The topological polar surface area (TPSA) is 46.2 Å². The van der Waals surface area contributed by atoms with Crippen molar-refractivity contribution in [2.24, 2.45) is 0 Å². The SMILES string of the molecule is O=S(=O)(CCl)Nc1cc(F)cc(Cl)c1. The number of anilines is 1. The van der Waals surface area contributed by atoms with Crippen molar-refractivity contribution < 1.29 is 12.8 Å². The second-order valence-corrected chi connectivity index (χ2v) is 5.23. The van der Waals surface area contributed by atoms with Gasteiger partial charge in [0, 0.05) is 5.02 Å². The van der Waals surface area contributed by atoms with Gasteiger partial charge in [-0.15, -0.1) is 11.6 Å². The van der Waals surface area contributed by atoms with Crippen LogP contribution in [0.1, 0.15) is 0 Å². The van der Waals surface area contributed by atoms with Gasteiger partial charge in [-0.3, -0.25) is 4.72 Å². The quantitative estimate of drug-likeness (QED) is 0.846. The van der Waals surface area contributed by atoms with Crippen molar-refractivity contribution in [3.63, 3.8) is 0 Å². The first kappa shape index (κ1) is 11.6. The molecule has 0 aliphatic rings. The van der Waals surface area contributed by atoms with Gasteiger partial charge in [0.05, 0.1) is 5.69 Å². The van der Waals surface area contributed by atoms with Crippen molar-refractivity contribution >= 4 is 38.9 Å². The third-order valence-electron chi connectivity index (χ3n) is 1.28. The van der Waals surface area contributed by atoms with Crippen molar-refractivity contribution in [2.45, 2.75) is 0 Å². The fraction of sp³-hybridized carbons (Fsp3) is 0.143. The number of hydrogen-bond donors (Lipinski definition) is 1. The smallest absolute Gasteiger partial charge is 0.246 e. The van der Waals surface area contributed by atoms with E-state index in [0.717, 1.165) is 12.1 Å². The van der Waals surface area contributed by atoms with Crippen LogP contribution in [0.5, 0.6) is 0 Å². The molecule has 3 nitrogen and oxygen atoms in total. The lowest BCUT2D eigenvalue weighted by atomic mass is 10.3. The van der Waals surface area contributed by atoms with Gasteiger partial charge in [0.1, 0.15) is 11.0 Å². The summed E-state index contributed by atoms with van der Waals surface area (Å²) in [6.07, 6.45) is 0. The van der Waals surface area contributed by atoms with E-state index in [4.69, 9.17) is 23.2 Å². The molecular formula is C7H6Cl2FNO2S. The third kappa shape index (κ3) is 3.32. The molecule has 0 fully saturated rings. The van der Waals surface area contributed by atoms with Gasteiger partial charge in [-0.05, 0) is 18.2 Å². The summed E-state index contributed by atoms with van der Waals surface area (Å²) >= 11 is 10.7. The van der Waals surface area contributed by atoms with Crippen LogP contribution < -0.4 is 4.72 Å². The Labute approximate surface area is 90.9 Å². The zero-order valence-electron chi connectivity index (χ0n) is 6.80. The fourth-order valence-corrected chi connectivity index (χ4v) is 1.74. The van der Waals surface area contributed by atoms with Gasteiger partial charge in [0.2, 0.25) is 10.0 Å². The first-order valence-electron chi connectivity index (χ1n) is 3.45. The third-order valence-corrected chi connectivity index (χ3v) is 3.19. The molecule has 0 atom stereocenters. The summed E-state index contributed by atoms with van der Waals surface area (Å²) in [4.78, 5) is 0. The summed E-state index contributed by atoms with van der Waals surface area (Å²) in [6, 6.07) is 3.37. The molecule has 0 spiro atoms. The molecule has 14 heavy (non-hydrogen) atoms. The molecule has 1 aromatic carbocycles. The number of halogens is 3. The van der Waals surface area contributed by atoms with E-state index in [1.165, 1.54) is 6.07 Å². The molecule has 0 bridgehead atoms. The molecule has 78 valence electrons. The van der Waals surface area contributed by atoms with Crippen LogP contribution >= 0.6 is 23.2 Å². The summed E-state index contributed by atoms with van der Waals surface area (Å²) in [5.74, 6) is -0.621. The van der Waals surface area contributed by atoms with Crippen LogP contribution in [0.2, 0.25) is 5.02 Å². The predicted molar refractivity (Wildman–Crippen MR) is 54.7 cm³/mol. The van der Waals surface area contributed by atoms with Crippen molar-refractivity contribution in [1.82, 2.24) is 0 Å². The van der Waals surface area contributed by atoms with Crippen LogP contribution in [-0.4, -0.2) is 13.6 Å². The zero-order chi connectivity index (χ0) is 10.8. The van der Waals surface area contributed by atoms with E-state index in [1.54, 1.807) is 0 Å². The molecule has 7 heteroatoms. The Hall–Kier alpha value is -0.520. The van der Waals surface area contributed by atoms with Crippen molar-refractivity contribution in [3.05, 3.63) is 29.0 Å². The standard InChI is InChI=1S/C7H6Cl2FNO2S/c8-4-14(12,13)11-7-2-5(9)1-6(10)3-7/h1-3,11H,4H2. The Morgan fingerprint density at radius 3 is 2.50 bits per heavy atom. The number of hydrogen-bond acceptors (Lipinski definition) is 2. The molecule has 0 amide bonds. The Kier molecular flexibility index (Phi) is 3.58. The minimum atomic E-state index is -3.62. The van der Waals surface area contributed by atoms with Crippen LogP contribution in [0.25, 0.3) is 0 Å². The Balaban J connectivity index is 2.98. The molecule has 0 aliphatic carbocycles. The van der Waals surface area contributed by atoms with Crippen molar-refractivity contribution in [3.8, 4) is 0 Å². The molecule has 1 N–H and O–H groups in total. The molecule has 0 saturated carbocycles. The minimum absolute atomic E-state index is 0.0515. The van der Waals surface area contributed by atoms with Crippen LogP contribution in [-0.2, 0) is 10.0 Å². The number of nitrogens with one attached hydrogen (secondary N) is 1. The molecule has 1 rings (SSSR count). The van der Waals surface area contributed by atoms with E-state index in [-0.39, 0.29) is 10.7 Å². The van der Waals surface area contributed by atoms with E-state index in [2.05, 4.69) is 4.72 Å². The van der Waals surface area contributed by atoms with Gasteiger partial charge in [0.25, 0.3) is 0 Å². The number of rotatable bonds is 3. The monoisotopic (exact) mass is 257 g/mol. The molecule has 0 aliphatic heterocycles. The average molecular weight is 258 g/mol. The zero-order valence-corrected chi connectivity index (χ0v) is 9.13. The lowest BCUT2D eigenvalue weighted by Gasteiger charge is -2.05. The maximum Gasteiger partial charge on any atom is 0.246 e. The van der Waals surface area contributed by atoms with Crippen LogP contribution in [0.15, 0.2) is 18.2 Å². The normalized spacial score (nSPS) is 11.4. The second kappa shape index (κ2) is 4.33. The van der Waals surface area contributed by atoms with E-state index >= 15 is 0 Å². The van der Waals surface area contributed by atoms with Crippen LogP contribution in [0, 0.1) is 5.82 Å². The van der Waals surface area contributed by atoms with E-state index in [0.29, 0.717) is 0 Å². The highest BCUT2D eigenvalue weighted by Gasteiger charge is 2.09. The van der Waals surface area contributed by atoms with E-state index < -0.39 is 21.1 Å². The Bertz CT molecular complexity index is 415. The Morgan fingerprint density at radius 2 is 2.00 bits per heavy atom. The van der Waals surface area contributed by atoms with Gasteiger partial charge in [-0.1, -0.05) is 11.6 Å². The minimum Gasteiger partial charge on any atom is -0.282 e. The van der Waals surface area contributed by atoms with Gasteiger partial charge >= 0.3 is 0 Å². The Morgan fingerprint density at radius 1 is 1.36 bits per heavy atom. The van der Waals surface area contributed by atoms with Crippen LogP contribution in [0.4, 0.5) is 10.1 Å². The predicted octanol–water partition coefficient (Wildman–Crippen LogP) is 2.42. The number of alkyl halides is 1. The van der Waals surface area contributed by atoms with Gasteiger partial charge in [-0.2, -0.15) is 0 Å². The molecule has 0 aromatic heterocycles. The first-order valence-corrected chi connectivity index (χ1v) is 6.02. The summed E-state index contributed by atoms with van der Waals surface area (Å²) in [5, 5.41) is -0.488. The van der Waals surface area contributed by atoms with Crippen molar-refractivity contribution in [1.29, 1.82) is 0 Å². The van der Waals surface area contributed by atoms with E-state index in [1.807, 2.05) is 0 Å². The maximum atomic E-state index is 12.8. The molecule has 0 radical (unpaired) electrons. The van der Waals surface area contributed by atoms with Crippen molar-refractivity contribution in [2.75, 3.05) is 9.93 Å².